The van der Waals surface area contributed by atoms with Gasteiger partial charge in [-0.3, -0.25) is 0 Å². The topological polar surface area (TPSA) is 52.3 Å². The molecule has 21 heavy (non-hydrogen) atoms. The molecule has 0 bridgehead atoms. The van der Waals surface area contributed by atoms with Crippen molar-refractivity contribution < 1.29 is 17.9 Å². The zero-order valence-corrected chi connectivity index (χ0v) is 10.9. The summed E-state index contributed by atoms with van der Waals surface area (Å²) in [5, 5.41) is 11.3. The first-order chi connectivity index (χ1) is 9.93. The van der Waals surface area contributed by atoms with E-state index in [1.54, 1.807) is 0 Å². The summed E-state index contributed by atoms with van der Waals surface area (Å²) in [5.74, 6) is 0.0874. The normalized spacial score (nSPS) is 11.8. The van der Waals surface area contributed by atoms with Crippen LogP contribution in [-0.4, -0.2) is 19.8 Å². The Morgan fingerprint density at radius 3 is 2.67 bits per heavy atom. The lowest BCUT2D eigenvalue weighted by Crippen LogP contribution is -2.04. The lowest BCUT2D eigenvalue weighted by Gasteiger charge is -2.09. The maximum atomic E-state index is 12.6. The lowest BCUT2D eigenvalue weighted by atomic mass is 10.2. The average Bonchev–Trinajstić information content (AvgIpc) is 2.80. The molecule has 2 aromatic heterocycles. The van der Waals surface area contributed by atoms with Gasteiger partial charge < -0.3 is 4.74 Å². The Bertz CT molecular complexity index is 803. The van der Waals surface area contributed by atoms with E-state index in [2.05, 4.69) is 15.3 Å². The summed E-state index contributed by atoms with van der Waals surface area (Å²) < 4.78 is 44.4. The summed E-state index contributed by atoms with van der Waals surface area (Å²) in [4.78, 5) is 0. The first-order valence-corrected chi connectivity index (χ1v) is 6.04. The number of alkyl halides is 3. The van der Waals surface area contributed by atoms with Crippen LogP contribution >= 0.6 is 11.6 Å². The van der Waals surface area contributed by atoms with Gasteiger partial charge >= 0.3 is 6.18 Å². The van der Waals surface area contributed by atoms with Gasteiger partial charge in [-0.05, 0) is 35.9 Å². The summed E-state index contributed by atoms with van der Waals surface area (Å²) in [5.41, 5.74) is -0.403. The quantitative estimate of drug-likeness (QED) is 0.725. The molecule has 0 fully saturated rings. The fraction of sp³-hybridized carbons (Fsp3) is 0.0833. The number of fused-ring (bicyclic) bond motifs is 1. The molecule has 0 aliphatic rings. The Morgan fingerprint density at radius 1 is 1.10 bits per heavy atom. The highest BCUT2D eigenvalue weighted by molar-refractivity contribution is 6.28. The van der Waals surface area contributed by atoms with Gasteiger partial charge in [-0.25, -0.2) is 0 Å². The number of hydrogen-bond acceptors (Lipinski definition) is 4. The van der Waals surface area contributed by atoms with E-state index in [0.29, 0.717) is 5.65 Å². The molecule has 0 atom stereocenters. The molecule has 3 aromatic rings. The third-order valence-corrected chi connectivity index (χ3v) is 2.82. The first kappa shape index (κ1) is 13.6. The molecule has 0 aliphatic carbocycles. The minimum Gasteiger partial charge on any atom is -0.438 e. The summed E-state index contributed by atoms with van der Waals surface area (Å²) >= 11 is 5.76. The van der Waals surface area contributed by atoms with Crippen LogP contribution in [0.3, 0.4) is 0 Å². The second-order valence-corrected chi connectivity index (χ2v) is 4.38. The van der Waals surface area contributed by atoms with Gasteiger partial charge in [-0.15, -0.1) is 15.3 Å². The predicted molar refractivity (Wildman–Crippen MR) is 67.3 cm³/mol. The predicted octanol–water partition coefficient (Wildman–Crippen LogP) is 3.59. The van der Waals surface area contributed by atoms with Crippen molar-refractivity contribution >= 4 is 17.2 Å². The second-order valence-electron chi connectivity index (χ2n) is 4.04. The maximum Gasteiger partial charge on any atom is 0.416 e. The molecule has 9 heteroatoms. The minimum absolute atomic E-state index is 0.0147. The molecule has 5 nitrogen and oxygen atoms in total. The van der Waals surface area contributed by atoms with Gasteiger partial charge in [0.2, 0.25) is 11.2 Å². The Kier molecular flexibility index (Phi) is 3.17. The van der Waals surface area contributed by atoms with E-state index in [9.17, 15) is 13.2 Å². The van der Waals surface area contributed by atoms with Gasteiger partial charge in [-0.2, -0.15) is 17.7 Å². The molecule has 0 amide bonds. The molecule has 0 spiro atoms. The van der Waals surface area contributed by atoms with Crippen LogP contribution in [0.25, 0.3) is 5.65 Å². The Labute approximate surface area is 120 Å². The number of ether oxygens (including phenoxy) is 1. The van der Waals surface area contributed by atoms with Crippen LogP contribution in [0.15, 0.2) is 36.4 Å². The van der Waals surface area contributed by atoms with Crippen molar-refractivity contribution in [2.24, 2.45) is 0 Å². The number of rotatable bonds is 2. The number of nitrogens with zero attached hydrogens (tertiary/aromatic N) is 4. The lowest BCUT2D eigenvalue weighted by molar-refractivity contribution is -0.137. The van der Waals surface area contributed by atoms with Crippen LogP contribution in [0.4, 0.5) is 13.2 Å². The standard InChI is InChI=1S/C12H6ClF3N4O/c13-11-18-17-9-4-5-10(19-20(9)11)21-8-3-1-2-7(6-8)12(14,15)16/h1-6H. The molecule has 0 saturated heterocycles. The number of aromatic nitrogens is 4. The second kappa shape index (κ2) is 4.88. The number of benzene rings is 1. The molecule has 3 rings (SSSR count). The van der Waals surface area contributed by atoms with Crippen molar-refractivity contribution in [3.05, 3.63) is 47.2 Å². The molecule has 1 aromatic carbocycles. The fourth-order valence-electron chi connectivity index (χ4n) is 1.66. The van der Waals surface area contributed by atoms with Crippen molar-refractivity contribution in [3.63, 3.8) is 0 Å². The van der Waals surface area contributed by atoms with Gasteiger partial charge in [0.05, 0.1) is 5.56 Å². The van der Waals surface area contributed by atoms with E-state index < -0.39 is 11.7 Å². The Balaban J connectivity index is 1.93. The van der Waals surface area contributed by atoms with Crippen LogP contribution in [0.5, 0.6) is 11.6 Å². The monoisotopic (exact) mass is 314 g/mol. The van der Waals surface area contributed by atoms with Crippen molar-refractivity contribution in [1.29, 1.82) is 0 Å². The fourth-order valence-corrected chi connectivity index (χ4v) is 1.82. The SMILES string of the molecule is FC(F)(F)c1cccc(Oc2ccc3nnc(Cl)n3n2)c1. The van der Waals surface area contributed by atoms with E-state index in [0.717, 1.165) is 12.1 Å². The highest BCUT2D eigenvalue weighted by atomic mass is 35.5. The summed E-state index contributed by atoms with van der Waals surface area (Å²) in [7, 11) is 0. The third-order valence-electron chi connectivity index (χ3n) is 2.58. The summed E-state index contributed by atoms with van der Waals surface area (Å²) in [6.45, 7) is 0. The van der Waals surface area contributed by atoms with Crippen LogP contribution in [0.2, 0.25) is 5.28 Å². The highest BCUT2D eigenvalue weighted by Gasteiger charge is 2.30. The largest absolute Gasteiger partial charge is 0.438 e. The molecule has 2 heterocycles. The smallest absolute Gasteiger partial charge is 0.416 e. The summed E-state index contributed by atoms with van der Waals surface area (Å²) in [6, 6.07) is 7.49. The van der Waals surface area contributed by atoms with Crippen LogP contribution in [0.1, 0.15) is 5.56 Å². The van der Waals surface area contributed by atoms with E-state index >= 15 is 0 Å². The zero-order valence-electron chi connectivity index (χ0n) is 10.2. The molecule has 0 radical (unpaired) electrons. The van der Waals surface area contributed by atoms with Crippen LogP contribution < -0.4 is 4.74 Å². The first-order valence-electron chi connectivity index (χ1n) is 5.66. The van der Waals surface area contributed by atoms with Crippen LogP contribution in [0, 0.1) is 0 Å². The van der Waals surface area contributed by atoms with E-state index in [-0.39, 0.29) is 16.9 Å². The Hall–Kier alpha value is -2.35. The van der Waals surface area contributed by atoms with Gasteiger partial charge in [0.1, 0.15) is 5.75 Å². The number of hydrogen-bond donors (Lipinski definition) is 0. The molecule has 108 valence electrons. The average molecular weight is 315 g/mol. The highest BCUT2D eigenvalue weighted by Crippen LogP contribution is 2.32. The van der Waals surface area contributed by atoms with E-state index in [1.165, 1.54) is 28.8 Å². The van der Waals surface area contributed by atoms with Crippen molar-refractivity contribution in [1.82, 2.24) is 19.8 Å². The molecule has 0 saturated carbocycles. The minimum atomic E-state index is -4.44. The Morgan fingerprint density at radius 2 is 1.90 bits per heavy atom. The van der Waals surface area contributed by atoms with E-state index in [4.69, 9.17) is 16.3 Å². The van der Waals surface area contributed by atoms with E-state index in [1.807, 2.05) is 0 Å². The molecular weight excluding hydrogens is 309 g/mol. The van der Waals surface area contributed by atoms with Crippen molar-refractivity contribution in [2.45, 2.75) is 6.18 Å². The van der Waals surface area contributed by atoms with Gasteiger partial charge in [0.25, 0.3) is 0 Å². The van der Waals surface area contributed by atoms with Gasteiger partial charge in [0.15, 0.2) is 5.65 Å². The maximum absolute atomic E-state index is 12.6. The molecule has 0 aliphatic heterocycles. The zero-order chi connectivity index (χ0) is 15.0. The van der Waals surface area contributed by atoms with Crippen LogP contribution in [-0.2, 0) is 6.18 Å². The molecule has 0 N–H and O–H groups in total. The summed E-state index contributed by atoms with van der Waals surface area (Å²) in [6.07, 6.45) is -4.44. The van der Waals surface area contributed by atoms with Gasteiger partial charge in [-0.1, -0.05) is 6.07 Å². The molecular formula is C12H6ClF3N4O. The van der Waals surface area contributed by atoms with Crippen molar-refractivity contribution in [3.8, 4) is 11.6 Å². The third kappa shape index (κ3) is 2.75. The van der Waals surface area contributed by atoms with Gasteiger partial charge in [0, 0.05) is 6.07 Å². The number of halogens is 4. The van der Waals surface area contributed by atoms with Crippen molar-refractivity contribution in [2.75, 3.05) is 0 Å². The molecule has 0 unspecified atom stereocenters.